The first-order chi connectivity index (χ1) is 16.6. The molecule has 0 aliphatic carbocycles. The minimum Gasteiger partial charge on any atom is -0.326 e. The van der Waals surface area contributed by atoms with Crippen LogP contribution >= 0.6 is 11.8 Å². The van der Waals surface area contributed by atoms with Crippen LogP contribution in [0, 0.1) is 5.82 Å². The smallest absolute Gasteiger partial charge is 0.224 e. The molecule has 0 atom stereocenters. The van der Waals surface area contributed by atoms with E-state index in [2.05, 4.69) is 15.5 Å². The van der Waals surface area contributed by atoms with E-state index in [0.29, 0.717) is 41.5 Å². The number of Topliss-reactive ketones (excluding diaryl/α,β-unsaturated/α-hetero) is 1. The number of rotatable bonds is 7. The van der Waals surface area contributed by atoms with Gasteiger partial charge in [-0.2, -0.15) is 0 Å². The number of hydrogen-bond acceptors (Lipinski definition) is 5. The van der Waals surface area contributed by atoms with E-state index in [0.717, 1.165) is 16.8 Å². The largest absolute Gasteiger partial charge is 0.326 e. The highest BCUT2D eigenvalue weighted by molar-refractivity contribution is 7.99. The van der Waals surface area contributed by atoms with Crippen molar-refractivity contribution in [2.75, 3.05) is 11.1 Å². The van der Waals surface area contributed by atoms with Crippen LogP contribution < -0.4 is 5.32 Å². The third-order valence-corrected chi connectivity index (χ3v) is 6.64. The van der Waals surface area contributed by atoms with Crippen LogP contribution in [0.3, 0.4) is 0 Å². The Morgan fingerprint density at radius 3 is 2.62 bits per heavy atom. The summed E-state index contributed by atoms with van der Waals surface area (Å²) in [6.07, 6.45) is 1.04. The number of fused-ring (bicyclic) bond motifs is 1. The lowest BCUT2D eigenvalue weighted by Crippen LogP contribution is -2.19. The van der Waals surface area contributed by atoms with E-state index in [1.807, 2.05) is 41.0 Å². The summed E-state index contributed by atoms with van der Waals surface area (Å²) in [6, 6.07) is 21.6. The van der Waals surface area contributed by atoms with Gasteiger partial charge in [0.15, 0.2) is 16.8 Å². The van der Waals surface area contributed by atoms with Crippen LogP contribution in [0.25, 0.3) is 11.4 Å². The molecule has 3 aromatic carbocycles. The molecule has 4 aromatic rings. The highest BCUT2D eigenvalue weighted by Gasteiger charge is 2.20. The lowest BCUT2D eigenvalue weighted by atomic mass is 9.99. The molecule has 1 aliphatic rings. The molecular weight excluding hydrogens is 451 g/mol. The zero-order valence-corrected chi connectivity index (χ0v) is 19.0. The summed E-state index contributed by atoms with van der Waals surface area (Å²) in [4.78, 5) is 24.5. The van der Waals surface area contributed by atoms with Crippen LogP contribution in [0.1, 0.15) is 27.9 Å². The number of anilines is 1. The van der Waals surface area contributed by atoms with E-state index in [-0.39, 0.29) is 23.3 Å². The van der Waals surface area contributed by atoms with E-state index in [4.69, 9.17) is 0 Å². The molecule has 34 heavy (non-hydrogen) atoms. The molecule has 8 heteroatoms. The summed E-state index contributed by atoms with van der Waals surface area (Å²) in [5.41, 5.74) is 3.69. The van der Waals surface area contributed by atoms with Crippen molar-refractivity contribution in [2.24, 2.45) is 0 Å². The van der Waals surface area contributed by atoms with Crippen molar-refractivity contribution >= 4 is 29.1 Å². The van der Waals surface area contributed by atoms with Crippen molar-refractivity contribution in [2.45, 2.75) is 24.5 Å². The van der Waals surface area contributed by atoms with E-state index in [1.165, 1.54) is 17.8 Å². The second-order valence-corrected chi connectivity index (χ2v) is 8.93. The average Bonchev–Trinajstić information content (AvgIpc) is 3.25. The van der Waals surface area contributed by atoms with Gasteiger partial charge in [-0.3, -0.25) is 14.2 Å². The third kappa shape index (κ3) is 4.63. The first-order valence-electron chi connectivity index (χ1n) is 10.9. The van der Waals surface area contributed by atoms with E-state index in [9.17, 15) is 14.0 Å². The minimum absolute atomic E-state index is 0.00876. The minimum atomic E-state index is -0.377. The van der Waals surface area contributed by atoms with E-state index < -0.39 is 0 Å². The molecule has 1 N–H and O–H groups in total. The predicted molar refractivity (Wildman–Crippen MR) is 129 cm³/mol. The Kier molecular flexibility index (Phi) is 6.22. The number of thioether (sulfide) groups is 1. The van der Waals surface area contributed by atoms with Gasteiger partial charge in [0.1, 0.15) is 5.82 Å². The van der Waals surface area contributed by atoms with Gasteiger partial charge < -0.3 is 5.32 Å². The number of benzene rings is 3. The topological polar surface area (TPSA) is 76.9 Å². The molecule has 1 amide bonds. The van der Waals surface area contributed by atoms with Crippen molar-refractivity contribution in [3.63, 3.8) is 0 Å². The van der Waals surface area contributed by atoms with Crippen molar-refractivity contribution in [3.8, 4) is 11.4 Å². The number of halogens is 1. The summed E-state index contributed by atoms with van der Waals surface area (Å²) in [7, 11) is 0. The van der Waals surface area contributed by atoms with Gasteiger partial charge in [0, 0.05) is 17.7 Å². The van der Waals surface area contributed by atoms with Crippen LogP contribution in [0.2, 0.25) is 0 Å². The molecule has 0 fully saturated rings. The fraction of sp³-hybridized carbons (Fsp3) is 0.154. The SMILES string of the molecule is O=C1CCc2cc(C(=O)CSc3nnc(-c4ccccc4F)n3Cc3ccccc3)ccc2N1. The van der Waals surface area contributed by atoms with Gasteiger partial charge in [-0.25, -0.2) is 4.39 Å². The van der Waals surface area contributed by atoms with Crippen LogP contribution in [0.5, 0.6) is 0 Å². The van der Waals surface area contributed by atoms with Gasteiger partial charge in [-0.05, 0) is 47.9 Å². The highest BCUT2D eigenvalue weighted by atomic mass is 32.2. The van der Waals surface area contributed by atoms with Gasteiger partial charge in [-0.15, -0.1) is 10.2 Å². The zero-order chi connectivity index (χ0) is 23.5. The number of nitrogens with zero attached hydrogens (tertiary/aromatic N) is 3. The van der Waals surface area contributed by atoms with E-state index >= 15 is 0 Å². The number of nitrogens with one attached hydrogen (secondary N) is 1. The lowest BCUT2D eigenvalue weighted by molar-refractivity contribution is -0.116. The highest BCUT2D eigenvalue weighted by Crippen LogP contribution is 2.28. The van der Waals surface area contributed by atoms with Gasteiger partial charge >= 0.3 is 0 Å². The first kappa shape index (κ1) is 22.0. The summed E-state index contributed by atoms with van der Waals surface area (Å²) in [5, 5.41) is 11.9. The quantitative estimate of drug-likeness (QED) is 0.303. The van der Waals surface area contributed by atoms with Gasteiger partial charge in [0.25, 0.3) is 0 Å². The molecule has 0 bridgehead atoms. The zero-order valence-electron chi connectivity index (χ0n) is 18.2. The molecule has 1 aromatic heterocycles. The number of ketones is 1. The van der Waals surface area contributed by atoms with Crippen LogP contribution in [-0.2, 0) is 17.8 Å². The Hall–Kier alpha value is -3.78. The number of aromatic nitrogens is 3. The van der Waals surface area contributed by atoms with Gasteiger partial charge in [0.2, 0.25) is 5.91 Å². The summed E-state index contributed by atoms with van der Waals surface area (Å²) >= 11 is 1.28. The lowest BCUT2D eigenvalue weighted by Gasteiger charge is -2.17. The molecule has 1 aliphatic heterocycles. The van der Waals surface area contributed by atoms with Gasteiger partial charge in [0.05, 0.1) is 17.9 Å². The summed E-state index contributed by atoms with van der Waals surface area (Å²) < 4.78 is 16.4. The molecule has 0 saturated carbocycles. The monoisotopic (exact) mass is 472 g/mol. The molecule has 0 spiro atoms. The molecule has 5 rings (SSSR count). The Morgan fingerprint density at radius 2 is 1.79 bits per heavy atom. The molecule has 2 heterocycles. The number of carbonyl (C=O) groups excluding carboxylic acids is 2. The second kappa shape index (κ2) is 9.61. The van der Waals surface area contributed by atoms with Gasteiger partial charge in [-0.1, -0.05) is 54.2 Å². The molecular formula is C26H21FN4O2S. The van der Waals surface area contributed by atoms with Crippen molar-refractivity contribution in [3.05, 3.63) is 95.3 Å². The fourth-order valence-corrected chi connectivity index (χ4v) is 4.75. The standard InChI is InChI=1S/C26H21FN4O2S/c27-21-9-5-4-8-20(21)25-29-30-26(31(25)15-17-6-2-1-3-7-17)34-16-23(32)19-10-12-22-18(14-19)11-13-24(33)28-22/h1-10,12,14H,11,13,15-16H2,(H,28,33). The van der Waals surface area contributed by atoms with Crippen molar-refractivity contribution in [1.82, 2.24) is 14.8 Å². The maximum absolute atomic E-state index is 14.5. The fourth-order valence-electron chi connectivity index (χ4n) is 3.92. The first-order valence-corrected chi connectivity index (χ1v) is 11.9. The Labute approximate surface area is 200 Å². The third-order valence-electron chi connectivity index (χ3n) is 5.67. The summed E-state index contributed by atoms with van der Waals surface area (Å²) in [5.74, 6) is 0.145. The number of hydrogen-bond donors (Lipinski definition) is 1. The maximum atomic E-state index is 14.5. The molecule has 6 nitrogen and oxygen atoms in total. The van der Waals surface area contributed by atoms with E-state index in [1.54, 1.807) is 30.3 Å². The van der Waals surface area contributed by atoms with Crippen LogP contribution in [0.4, 0.5) is 10.1 Å². The Morgan fingerprint density at radius 1 is 1.00 bits per heavy atom. The van der Waals surface area contributed by atoms with Crippen LogP contribution in [-0.4, -0.2) is 32.2 Å². The Balaban J connectivity index is 1.40. The maximum Gasteiger partial charge on any atom is 0.224 e. The number of carbonyl (C=O) groups is 2. The molecule has 0 saturated heterocycles. The van der Waals surface area contributed by atoms with Crippen LogP contribution in [0.15, 0.2) is 78.0 Å². The Bertz CT molecular complexity index is 1370. The average molecular weight is 473 g/mol. The summed E-state index contributed by atoms with van der Waals surface area (Å²) in [6.45, 7) is 0.451. The molecule has 0 radical (unpaired) electrons. The van der Waals surface area contributed by atoms with Crippen molar-refractivity contribution in [1.29, 1.82) is 0 Å². The molecule has 0 unspecified atom stereocenters. The number of aryl methyl sites for hydroxylation is 1. The normalized spacial score (nSPS) is 12.8. The van der Waals surface area contributed by atoms with Crippen molar-refractivity contribution < 1.29 is 14.0 Å². The second-order valence-electron chi connectivity index (χ2n) is 7.99. The number of amides is 1. The molecule has 170 valence electrons. The predicted octanol–water partition coefficient (Wildman–Crippen LogP) is 4.99.